The molecular formula is C14H24N2O4. The summed E-state index contributed by atoms with van der Waals surface area (Å²) in [5.41, 5.74) is 0. The number of carbonyl (C=O) groups excluding carboxylic acids is 1. The zero-order valence-electron chi connectivity index (χ0n) is 12.0. The van der Waals surface area contributed by atoms with Crippen molar-refractivity contribution in [3.05, 3.63) is 0 Å². The Morgan fingerprint density at radius 3 is 2.90 bits per heavy atom. The summed E-state index contributed by atoms with van der Waals surface area (Å²) < 4.78 is 5.59. The summed E-state index contributed by atoms with van der Waals surface area (Å²) in [6.45, 7) is 3.73. The maximum Gasteiger partial charge on any atom is 0.317 e. The largest absolute Gasteiger partial charge is 0.481 e. The zero-order valence-corrected chi connectivity index (χ0v) is 12.0. The van der Waals surface area contributed by atoms with Crippen LogP contribution in [0, 0.1) is 5.92 Å². The van der Waals surface area contributed by atoms with Crippen molar-refractivity contribution in [2.45, 2.75) is 51.2 Å². The third-order valence-electron chi connectivity index (χ3n) is 4.21. The molecule has 0 bridgehead atoms. The molecule has 0 aliphatic carbocycles. The molecule has 3 unspecified atom stereocenters. The summed E-state index contributed by atoms with van der Waals surface area (Å²) >= 11 is 0. The molecule has 2 aliphatic heterocycles. The Labute approximate surface area is 119 Å². The molecule has 2 fully saturated rings. The number of aliphatic carboxylic acids is 1. The number of ether oxygens (including phenoxy) is 1. The fraction of sp³-hybridized carbons (Fsp3) is 0.857. The zero-order chi connectivity index (χ0) is 14.5. The topological polar surface area (TPSA) is 78.9 Å². The molecule has 6 heteroatoms. The average molecular weight is 284 g/mol. The molecule has 2 saturated heterocycles. The van der Waals surface area contributed by atoms with Crippen LogP contribution in [0.5, 0.6) is 0 Å². The van der Waals surface area contributed by atoms with Gasteiger partial charge in [0.1, 0.15) is 0 Å². The number of carboxylic acid groups (broad SMARTS) is 1. The van der Waals surface area contributed by atoms with Gasteiger partial charge in [-0.25, -0.2) is 4.79 Å². The second-order valence-corrected chi connectivity index (χ2v) is 5.70. The summed E-state index contributed by atoms with van der Waals surface area (Å²) in [5.74, 6) is -1.23. The minimum Gasteiger partial charge on any atom is -0.481 e. The molecule has 0 spiro atoms. The van der Waals surface area contributed by atoms with Gasteiger partial charge < -0.3 is 20.1 Å². The van der Waals surface area contributed by atoms with Crippen LogP contribution in [0.1, 0.15) is 39.0 Å². The summed E-state index contributed by atoms with van der Waals surface area (Å²) in [5, 5.41) is 12.1. The first-order valence-electron chi connectivity index (χ1n) is 7.50. The maximum absolute atomic E-state index is 12.2. The van der Waals surface area contributed by atoms with Gasteiger partial charge in [-0.3, -0.25) is 4.79 Å². The molecule has 0 radical (unpaired) electrons. The summed E-state index contributed by atoms with van der Waals surface area (Å²) in [7, 11) is 0. The summed E-state index contributed by atoms with van der Waals surface area (Å²) in [4.78, 5) is 24.9. The number of hydrogen-bond donors (Lipinski definition) is 2. The van der Waals surface area contributed by atoms with Crippen molar-refractivity contribution in [3.8, 4) is 0 Å². The first-order chi connectivity index (χ1) is 9.60. The minimum absolute atomic E-state index is 0.127. The van der Waals surface area contributed by atoms with E-state index in [0.717, 1.165) is 25.7 Å². The highest BCUT2D eigenvalue weighted by molar-refractivity contribution is 5.76. The SMILES string of the molecule is CCC1CC(NC(=O)N2CCCC(C(=O)O)C2)CCO1. The number of nitrogens with one attached hydrogen (secondary N) is 1. The van der Waals surface area contributed by atoms with Crippen LogP contribution in [0.25, 0.3) is 0 Å². The highest BCUT2D eigenvalue weighted by atomic mass is 16.5. The Bertz CT molecular complexity index is 361. The molecule has 0 aromatic carbocycles. The molecule has 2 aliphatic rings. The minimum atomic E-state index is -0.806. The molecule has 20 heavy (non-hydrogen) atoms. The lowest BCUT2D eigenvalue weighted by Gasteiger charge is -2.34. The van der Waals surface area contributed by atoms with E-state index >= 15 is 0 Å². The molecule has 2 rings (SSSR count). The van der Waals surface area contributed by atoms with Crippen LogP contribution in [-0.4, -0.2) is 53.8 Å². The molecule has 0 aromatic rings. The maximum atomic E-state index is 12.2. The Hall–Kier alpha value is -1.30. The van der Waals surface area contributed by atoms with Gasteiger partial charge in [-0.05, 0) is 32.1 Å². The van der Waals surface area contributed by atoms with E-state index in [9.17, 15) is 9.59 Å². The normalized spacial score (nSPS) is 30.9. The molecular weight excluding hydrogens is 260 g/mol. The second-order valence-electron chi connectivity index (χ2n) is 5.70. The fourth-order valence-electron chi connectivity index (χ4n) is 2.92. The Balaban J connectivity index is 1.83. The average Bonchev–Trinajstić information content (AvgIpc) is 2.47. The lowest BCUT2D eigenvalue weighted by molar-refractivity contribution is -0.143. The highest BCUT2D eigenvalue weighted by Crippen LogP contribution is 2.19. The van der Waals surface area contributed by atoms with Crippen molar-refractivity contribution in [2.24, 2.45) is 5.92 Å². The molecule has 0 saturated carbocycles. The van der Waals surface area contributed by atoms with E-state index in [1.807, 2.05) is 0 Å². The number of carbonyl (C=O) groups is 2. The van der Waals surface area contributed by atoms with Crippen LogP contribution < -0.4 is 5.32 Å². The Morgan fingerprint density at radius 1 is 1.40 bits per heavy atom. The van der Waals surface area contributed by atoms with E-state index in [1.54, 1.807) is 4.90 Å². The monoisotopic (exact) mass is 284 g/mol. The Kier molecular flexibility index (Phi) is 5.23. The number of carboxylic acids is 1. The number of likely N-dealkylation sites (tertiary alicyclic amines) is 1. The van der Waals surface area contributed by atoms with Crippen molar-refractivity contribution in [1.29, 1.82) is 0 Å². The van der Waals surface area contributed by atoms with Gasteiger partial charge in [-0.2, -0.15) is 0 Å². The standard InChI is InChI=1S/C14H24N2O4/c1-2-12-8-11(5-7-20-12)15-14(19)16-6-3-4-10(9-16)13(17)18/h10-12H,2-9H2,1H3,(H,15,19)(H,17,18). The van der Waals surface area contributed by atoms with Gasteiger partial charge in [0.15, 0.2) is 0 Å². The summed E-state index contributed by atoms with van der Waals surface area (Å²) in [6.07, 6.45) is 4.28. The molecule has 2 heterocycles. The number of nitrogens with zero attached hydrogens (tertiary/aromatic N) is 1. The molecule has 3 atom stereocenters. The third-order valence-corrected chi connectivity index (χ3v) is 4.21. The van der Waals surface area contributed by atoms with Gasteiger partial charge >= 0.3 is 12.0 Å². The van der Waals surface area contributed by atoms with E-state index in [1.165, 1.54) is 0 Å². The summed E-state index contributed by atoms with van der Waals surface area (Å²) in [6, 6.07) is 0.0177. The van der Waals surface area contributed by atoms with Crippen molar-refractivity contribution in [1.82, 2.24) is 10.2 Å². The molecule has 114 valence electrons. The fourth-order valence-corrected chi connectivity index (χ4v) is 2.92. The van der Waals surface area contributed by atoms with E-state index in [4.69, 9.17) is 9.84 Å². The van der Waals surface area contributed by atoms with Gasteiger partial charge in [0.05, 0.1) is 12.0 Å². The van der Waals surface area contributed by atoms with Crippen LogP contribution >= 0.6 is 0 Å². The van der Waals surface area contributed by atoms with Gasteiger partial charge in [0, 0.05) is 25.7 Å². The first kappa shape index (κ1) is 15.1. The van der Waals surface area contributed by atoms with Gasteiger partial charge in [0.25, 0.3) is 0 Å². The van der Waals surface area contributed by atoms with Gasteiger partial charge in [-0.15, -0.1) is 0 Å². The van der Waals surface area contributed by atoms with E-state index < -0.39 is 11.9 Å². The molecule has 2 amide bonds. The lowest BCUT2D eigenvalue weighted by Crippen LogP contribution is -2.51. The quantitative estimate of drug-likeness (QED) is 0.822. The van der Waals surface area contributed by atoms with Gasteiger partial charge in [0.2, 0.25) is 0 Å². The molecule has 2 N–H and O–H groups in total. The number of urea groups is 1. The second kappa shape index (κ2) is 6.92. The number of hydrogen-bond acceptors (Lipinski definition) is 3. The number of piperidine rings is 1. The predicted octanol–water partition coefficient (Wildman–Crippen LogP) is 1.45. The van der Waals surface area contributed by atoms with Crippen LogP contribution in [0.4, 0.5) is 4.79 Å². The van der Waals surface area contributed by atoms with E-state index in [2.05, 4.69) is 12.2 Å². The highest BCUT2D eigenvalue weighted by Gasteiger charge is 2.30. The van der Waals surface area contributed by atoms with Crippen LogP contribution in [0.2, 0.25) is 0 Å². The first-order valence-corrected chi connectivity index (χ1v) is 7.50. The van der Waals surface area contributed by atoms with Crippen LogP contribution in [0.15, 0.2) is 0 Å². The number of amides is 2. The van der Waals surface area contributed by atoms with Crippen LogP contribution in [-0.2, 0) is 9.53 Å². The van der Waals surface area contributed by atoms with Gasteiger partial charge in [-0.1, -0.05) is 6.92 Å². The smallest absolute Gasteiger partial charge is 0.317 e. The van der Waals surface area contributed by atoms with E-state index in [0.29, 0.717) is 26.1 Å². The van der Waals surface area contributed by atoms with Crippen molar-refractivity contribution in [2.75, 3.05) is 19.7 Å². The number of rotatable bonds is 3. The predicted molar refractivity (Wildman–Crippen MR) is 73.5 cm³/mol. The Morgan fingerprint density at radius 2 is 2.20 bits per heavy atom. The molecule has 0 aromatic heterocycles. The molecule has 6 nitrogen and oxygen atoms in total. The van der Waals surface area contributed by atoms with Crippen molar-refractivity contribution in [3.63, 3.8) is 0 Å². The van der Waals surface area contributed by atoms with Crippen molar-refractivity contribution >= 4 is 12.0 Å². The van der Waals surface area contributed by atoms with Crippen molar-refractivity contribution < 1.29 is 19.4 Å². The van der Waals surface area contributed by atoms with Crippen LogP contribution in [0.3, 0.4) is 0 Å². The lowest BCUT2D eigenvalue weighted by atomic mass is 9.98. The third kappa shape index (κ3) is 3.85. The van der Waals surface area contributed by atoms with E-state index in [-0.39, 0.29) is 18.2 Å².